The van der Waals surface area contributed by atoms with Gasteiger partial charge in [-0.25, -0.2) is 13.0 Å². The van der Waals surface area contributed by atoms with Crippen LogP contribution in [0.3, 0.4) is 0 Å². The number of sulfonamides is 1. The van der Waals surface area contributed by atoms with Crippen LogP contribution in [0.4, 0.5) is 0 Å². The van der Waals surface area contributed by atoms with Crippen molar-refractivity contribution in [3.63, 3.8) is 0 Å². The summed E-state index contributed by atoms with van der Waals surface area (Å²) in [5, 5.41) is 9.67. The van der Waals surface area contributed by atoms with Crippen molar-refractivity contribution in [1.29, 1.82) is 0 Å². The SMILES string of the molecule is O=S(=O)(c1ccc(Sc2cccc3cccnc23)c2nonc12)N1CCc2cc(Cl)ccc2C1. The second-order valence-corrected chi connectivity index (χ2v) is 11.4. The Hall–Kier alpha value is -2.98. The Morgan fingerprint density at radius 2 is 1.74 bits per heavy atom. The van der Waals surface area contributed by atoms with Gasteiger partial charge in [0.05, 0.1) is 5.52 Å². The maximum atomic E-state index is 13.6. The van der Waals surface area contributed by atoms with Crippen LogP contribution in [-0.2, 0) is 23.0 Å². The van der Waals surface area contributed by atoms with Crippen molar-refractivity contribution in [2.45, 2.75) is 27.7 Å². The number of hydrogen-bond acceptors (Lipinski definition) is 7. The van der Waals surface area contributed by atoms with E-state index in [0.29, 0.717) is 23.5 Å². The highest BCUT2D eigenvalue weighted by Crippen LogP contribution is 2.38. The summed E-state index contributed by atoms with van der Waals surface area (Å²) in [6.45, 7) is 0.639. The second kappa shape index (κ2) is 8.35. The summed E-state index contributed by atoms with van der Waals surface area (Å²) in [4.78, 5) is 6.26. The number of nitrogens with zero attached hydrogens (tertiary/aromatic N) is 4. The van der Waals surface area contributed by atoms with Gasteiger partial charge in [-0.05, 0) is 64.3 Å². The molecule has 3 heterocycles. The zero-order valence-corrected chi connectivity index (χ0v) is 20.1. The Bertz CT molecular complexity index is 1660. The lowest BCUT2D eigenvalue weighted by molar-refractivity contribution is 0.314. The van der Waals surface area contributed by atoms with Gasteiger partial charge in [0.25, 0.3) is 0 Å². The normalized spacial score (nSPS) is 14.5. The molecule has 0 saturated carbocycles. The molecule has 3 aromatic carbocycles. The number of hydrogen-bond donors (Lipinski definition) is 0. The van der Waals surface area contributed by atoms with Crippen molar-refractivity contribution < 1.29 is 13.0 Å². The monoisotopic (exact) mass is 508 g/mol. The average Bonchev–Trinajstić information content (AvgIpc) is 3.34. The van der Waals surface area contributed by atoms with E-state index in [-0.39, 0.29) is 17.0 Å². The minimum absolute atomic E-state index is 0.0848. The molecule has 0 spiro atoms. The molecule has 6 rings (SSSR count). The zero-order valence-electron chi connectivity index (χ0n) is 17.7. The van der Waals surface area contributed by atoms with Gasteiger partial charge in [-0.15, -0.1) is 0 Å². The largest absolute Gasteiger partial charge is 0.255 e. The highest BCUT2D eigenvalue weighted by atomic mass is 35.5. The fraction of sp³-hybridized carbons (Fsp3) is 0.125. The van der Waals surface area contributed by atoms with Crippen LogP contribution in [0.2, 0.25) is 5.02 Å². The van der Waals surface area contributed by atoms with Gasteiger partial charge < -0.3 is 0 Å². The zero-order chi connectivity index (χ0) is 23.3. The van der Waals surface area contributed by atoms with Crippen molar-refractivity contribution in [3.05, 3.63) is 83.0 Å². The molecule has 170 valence electrons. The highest BCUT2D eigenvalue weighted by molar-refractivity contribution is 7.99. The molecule has 2 aromatic heterocycles. The Labute approximate surface area is 204 Å². The predicted molar refractivity (Wildman–Crippen MR) is 130 cm³/mol. The Morgan fingerprint density at radius 3 is 2.65 bits per heavy atom. The lowest BCUT2D eigenvalue weighted by atomic mass is 10.0. The molecule has 34 heavy (non-hydrogen) atoms. The number of pyridine rings is 1. The second-order valence-electron chi connectivity index (χ2n) is 7.96. The molecular weight excluding hydrogens is 492 g/mol. The predicted octanol–water partition coefficient (Wildman–Crippen LogP) is 5.32. The van der Waals surface area contributed by atoms with E-state index in [9.17, 15) is 8.42 Å². The molecular formula is C24H17ClN4O3S2. The van der Waals surface area contributed by atoms with Gasteiger partial charge in [0, 0.05) is 39.5 Å². The van der Waals surface area contributed by atoms with Crippen LogP contribution in [0.5, 0.6) is 0 Å². The molecule has 10 heteroatoms. The molecule has 0 fully saturated rings. The molecule has 0 saturated heterocycles. The molecule has 0 N–H and O–H groups in total. The van der Waals surface area contributed by atoms with E-state index < -0.39 is 10.0 Å². The molecule has 0 atom stereocenters. The van der Waals surface area contributed by atoms with Crippen molar-refractivity contribution in [2.24, 2.45) is 0 Å². The Morgan fingerprint density at radius 1 is 0.912 bits per heavy atom. The van der Waals surface area contributed by atoms with Gasteiger partial charge in [-0.3, -0.25) is 4.98 Å². The third-order valence-corrected chi connectivity index (χ3v) is 9.13. The summed E-state index contributed by atoms with van der Waals surface area (Å²) >= 11 is 7.55. The van der Waals surface area contributed by atoms with Crippen LogP contribution in [0.1, 0.15) is 11.1 Å². The van der Waals surface area contributed by atoms with Crippen molar-refractivity contribution in [2.75, 3.05) is 6.54 Å². The van der Waals surface area contributed by atoms with Crippen LogP contribution < -0.4 is 0 Å². The molecule has 7 nitrogen and oxygen atoms in total. The molecule has 0 unspecified atom stereocenters. The topological polar surface area (TPSA) is 89.2 Å². The standard InChI is InChI=1S/C24H17ClN4O3S2/c25-18-7-6-17-14-29(12-10-16(17)13-18)34(30,31)21-9-8-20(23-24(21)28-32-27-23)33-19-5-1-3-15-4-2-11-26-22(15)19/h1-9,11,13H,10,12,14H2. The van der Waals surface area contributed by atoms with E-state index in [1.54, 1.807) is 24.4 Å². The van der Waals surface area contributed by atoms with E-state index in [1.165, 1.54) is 16.1 Å². The summed E-state index contributed by atoms with van der Waals surface area (Å²) < 4.78 is 33.7. The number of rotatable bonds is 4. The third-order valence-electron chi connectivity index (χ3n) is 5.92. The lowest BCUT2D eigenvalue weighted by Crippen LogP contribution is -2.36. The van der Waals surface area contributed by atoms with E-state index in [0.717, 1.165) is 31.8 Å². The fourth-order valence-electron chi connectivity index (χ4n) is 4.23. The number of benzene rings is 3. The smallest absolute Gasteiger partial charge is 0.245 e. The van der Waals surface area contributed by atoms with Crippen LogP contribution >= 0.6 is 23.4 Å². The van der Waals surface area contributed by atoms with Crippen LogP contribution in [0, 0.1) is 0 Å². The lowest BCUT2D eigenvalue weighted by Gasteiger charge is -2.28. The molecule has 0 aliphatic carbocycles. The Kier molecular flexibility index (Phi) is 5.29. The minimum atomic E-state index is -3.82. The number of para-hydroxylation sites is 1. The fourth-order valence-corrected chi connectivity index (χ4v) is 6.98. The first kappa shape index (κ1) is 21.5. The summed E-state index contributed by atoms with van der Waals surface area (Å²) in [5.41, 5.74) is 3.51. The first-order valence-corrected chi connectivity index (χ1v) is 13.2. The molecule has 0 amide bonds. The van der Waals surface area contributed by atoms with Gasteiger partial charge >= 0.3 is 0 Å². The summed E-state index contributed by atoms with van der Waals surface area (Å²) in [6.07, 6.45) is 2.34. The first-order chi connectivity index (χ1) is 16.5. The highest BCUT2D eigenvalue weighted by Gasteiger charge is 2.31. The van der Waals surface area contributed by atoms with Gasteiger partial charge in [-0.2, -0.15) is 4.31 Å². The van der Waals surface area contributed by atoms with E-state index >= 15 is 0 Å². The van der Waals surface area contributed by atoms with E-state index in [1.807, 2.05) is 42.5 Å². The minimum Gasteiger partial charge on any atom is -0.255 e. The van der Waals surface area contributed by atoms with Crippen LogP contribution in [0.25, 0.3) is 21.9 Å². The van der Waals surface area contributed by atoms with Gasteiger partial charge in [0.1, 0.15) is 4.90 Å². The Balaban J connectivity index is 1.37. The molecule has 0 bridgehead atoms. The average molecular weight is 509 g/mol. The van der Waals surface area contributed by atoms with Crippen LogP contribution in [0.15, 0.2) is 86.2 Å². The maximum Gasteiger partial charge on any atom is 0.245 e. The summed E-state index contributed by atoms with van der Waals surface area (Å²) in [7, 11) is -3.82. The molecule has 5 aromatic rings. The van der Waals surface area contributed by atoms with Crippen molar-refractivity contribution >= 4 is 55.3 Å². The first-order valence-electron chi connectivity index (χ1n) is 10.5. The summed E-state index contributed by atoms with van der Waals surface area (Å²) in [6, 6.07) is 18.7. The number of fused-ring (bicyclic) bond motifs is 3. The molecule has 1 aliphatic rings. The maximum absolute atomic E-state index is 13.6. The molecule has 0 radical (unpaired) electrons. The number of halogens is 1. The quantitative estimate of drug-likeness (QED) is 0.324. The summed E-state index contributed by atoms with van der Waals surface area (Å²) in [5.74, 6) is 0. The van der Waals surface area contributed by atoms with E-state index in [2.05, 4.69) is 15.3 Å². The van der Waals surface area contributed by atoms with Gasteiger partial charge in [0.15, 0.2) is 11.0 Å². The van der Waals surface area contributed by atoms with Gasteiger partial charge in [0.2, 0.25) is 10.0 Å². The van der Waals surface area contributed by atoms with Crippen molar-refractivity contribution in [1.82, 2.24) is 19.6 Å². The van der Waals surface area contributed by atoms with E-state index in [4.69, 9.17) is 16.2 Å². The number of aromatic nitrogens is 3. The van der Waals surface area contributed by atoms with Crippen molar-refractivity contribution in [3.8, 4) is 0 Å². The van der Waals surface area contributed by atoms with Crippen LogP contribution in [-0.4, -0.2) is 34.6 Å². The van der Waals surface area contributed by atoms with Gasteiger partial charge in [-0.1, -0.05) is 47.6 Å². The third kappa shape index (κ3) is 3.65. The molecule has 1 aliphatic heterocycles.